The van der Waals surface area contributed by atoms with Crippen molar-refractivity contribution in [1.82, 2.24) is 9.55 Å². The Balaban J connectivity index is 2.21. The van der Waals surface area contributed by atoms with Crippen molar-refractivity contribution in [1.29, 1.82) is 0 Å². The van der Waals surface area contributed by atoms with Crippen LogP contribution in [0.5, 0.6) is 0 Å². The molecule has 0 radical (unpaired) electrons. The Labute approximate surface area is 124 Å². The number of carboxylic acid groups (broad SMARTS) is 1. The first-order valence-corrected chi connectivity index (χ1v) is 7.62. The van der Waals surface area contributed by atoms with Crippen LogP contribution in [0, 0.1) is 12.3 Å². The molecular weight excluding hydrogens is 264 g/mol. The summed E-state index contributed by atoms with van der Waals surface area (Å²) >= 11 is 0. The van der Waals surface area contributed by atoms with Crippen LogP contribution in [-0.2, 0) is 0 Å². The topological polar surface area (TPSA) is 55.1 Å². The number of fused-ring (bicyclic) bond motifs is 1. The molecule has 1 aliphatic rings. The second-order valence-corrected chi connectivity index (χ2v) is 6.76. The van der Waals surface area contributed by atoms with Gasteiger partial charge in [0.25, 0.3) is 0 Å². The second kappa shape index (κ2) is 4.86. The minimum atomic E-state index is -0.909. The second-order valence-electron chi connectivity index (χ2n) is 6.76. The first kappa shape index (κ1) is 14.1. The van der Waals surface area contributed by atoms with Crippen LogP contribution >= 0.6 is 0 Å². The molecule has 1 atom stereocenters. The number of hydrogen-bond acceptors (Lipinski definition) is 2. The van der Waals surface area contributed by atoms with Gasteiger partial charge in [-0.1, -0.05) is 32.8 Å². The van der Waals surface area contributed by atoms with Gasteiger partial charge in [-0.05, 0) is 37.3 Å². The fourth-order valence-electron chi connectivity index (χ4n) is 3.75. The van der Waals surface area contributed by atoms with Gasteiger partial charge in [0.1, 0.15) is 11.3 Å². The van der Waals surface area contributed by atoms with Crippen molar-refractivity contribution in [3.8, 4) is 0 Å². The fourth-order valence-corrected chi connectivity index (χ4v) is 3.75. The van der Waals surface area contributed by atoms with E-state index in [1.165, 1.54) is 19.3 Å². The molecule has 0 aliphatic heterocycles. The third kappa shape index (κ3) is 2.23. The number of nitrogens with zero attached hydrogens (tertiary/aromatic N) is 2. The minimum absolute atomic E-state index is 0.218. The molecular formula is C17H22N2O2. The number of aromatic carboxylic acids is 1. The number of carbonyl (C=O) groups is 1. The lowest BCUT2D eigenvalue weighted by Crippen LogP contribution is -2.31. The van der Waals surface area contributed by atoms with Crippen LogP contribution in [0.2, 0.25) is 0 Å². The van der Waals surface area contributed by atoms with E-state index in [1.807, 2.05) is 19.1 Å². The van der Waals surface area contributed by atoms with Gasteiger partial charge < -0.3 is 9.67 Å². The summed E-state index contributed by atoms with van der Waals surface area (Å²) in [5.74, 6) is 0.00632. The lowest BCUT2D eigenvalue weighted by Gasteiger charge is -2.40. The molecule has 1 aromatic heterocycles. The van der Waals surface area contributed by atoms with Crippen molar-refractivity contribution in [3.63, 3.8) is 0 Å². The number of rotatable bonds is 2. The van der Waals surface area contributed by atoms with Gasteiger partial charge in [-0.3, -0.25) is 0 Å². The Morgan fingerprint density at radius 1 is 1.38 bits per heavy atom. The van der Waals surface area contributed by atoms with Crippen molar-refractivity contribution in [2.75, 3.05) is 0 Å². The highest BCUT2D eigenvalue weighted by molar-refractivity contribution is 6.01. The summed E-state index contributed by atoms with van der Waals surface area (Å²) in [5.41, 5.74) is 2.08. The summed E-state index contributed by atoms with van der Waals surface area (Å²) in [6, 6.07) is 5.83. The third-order valence-corrected chi connectivity index (χ3v) is 4.89. The molecule has 1 aromatic carbocycles. The molecule has 0 spiro atoms. The highest BCUT2D eigenvalue weighted by Crippen LogP contribution is 2.45. The van der Waals surface area contributed by atoms with Crippen molar-refractivity contribution >= 4 is 17.0 Å². The number of para-hydroxylation sites is 1. The van der Waals surface area contributed by atoms with Crippen molar-refractivity contribution in [2.24, 2.45) is 5.41 Å². The van der Waals surface area contributed by atoms with Gasteiger partial charge in [0, 0.05) is 6.04 Å². The van der Waals surface area contributed by atoms with E-state index in [0.29, 0.717) is 17.1 Å². The van der Waals surface area contributed by atoms with Crippen LogP contribution in [0.3, 0.4) is 0 Å². The maximum Gasteiger partial charge on any atom is 0.337 e. The molecule has 21 heavy (non-hydrogen) atoms. The van der Waals surface area contributed by atoms with Gasteiger partial charge in [-0.25, -0.2) is 9.78 Å². The van der Waals surface area contributed by atoms with Crippen LogP contribution < -0.4 is 0 Å². The molecule has 1 saturated carbocycles. The van der Waals surface area contributed by atoms with Crippen LogP contribution in [0.1, 0.15) is 61.8 Å². The van der Waals surface area contributed by atoms with Crippen LogP contribution in [-0.4, -0.2) is 20.6 Å². The van der Waals surface area contributed by atoms with Crippen LogP contribution in [0.15, 0.2) is 18.2 Å². The molecule has 0 saturated heterocycles. The Hall–Kier alpha value is -1.84. The highest BCUT2D eigenvalue weighted by Gasteiger charge is 2.35. The zero-order chi connectivity index (χ0) is 15.2. The van der Waals surface area contributed by atoms with Gasteiger partial charge in [-0.15, -0.1) is 0 Å². The van der Waals surface area contributed by atoms with E-state index in [2.05, 4.69) is 23.4 Å². The van der Waals surface area contributed by atoms with Gasteiger partial charge in [0.15, 0.2) is 0 Å². The highest BCUT2D eigenvalue weighted by atomic mass is 16.4. The molecule has 1 fully saturated rings. The number of benzene rings is 1. The molecule has 4 nitrogen and oxygen atoms in total. The predicted octanol–water partition coefficient (Wildman–Crippen LogP) is 4.18. The average Bonchev–Trinajstić information content (AvgIpc) is 2.74. The maximum absolute atomic E-state index is 11.4. The van der Waals surface area contributed by atoms with Gasteiger partial charge in [-0.2, -0.15) is 0 Å². The van der Waals surface area contributed by atoms with E-state index in [4.69, 9.17) is 0 Å². The number of hydrogen-bond donors (Lipinski definition) is 1. The summed E-state index contributed by atoms with van der Waals surface area (Å²) in [5, 5.41) is 9.35. The summed E-state index contributed by atoms with van der Waals surface area (Å²) in [6.07, 6.45) is 4.84. The first-order chi connectivity index (χ1) is 9.92. The zero-order valence-electron chi connectivity index (χ0n) is 12.9. The Morgan fingerprint density at radius 2 is 2.14 bits per heavy atom. The summed E-state index contributed by atoms with van der Waals surface area (Å²) in [7, 11) is 0. The number of aryl methyl sites for hydroxylation is 1. The Morgan fingerprint density at radius 3 is 2.81 bits per heavy atom. The monoisotopic (exact) mass is 286 g/mol. The summed E-state index contributed by atoms with van der Waals surface area (Å²) in [6.45, 7) is 6.60. The first-order valence-electron chi connectivity index (χ1n) is 7.62. The quantitative estimate of drug-likeness (QED) is 0.900. The largest absolute Gasteiger partial charge is 0.478 e. The van der Waals surface area contributed by atoms with E-state index in [-0.39, 0.29) is 5.41 Å². The molecule has 2 aromatic rings. The number of carboxylic acids is 1. The molecule has 0 amide bonds. The number of aromatic nitrogens is 2. The lowest BCUT2D eigenvalue weighted by molar-refractivity contribution is 0.0699. The Bertz CT molecular complexity index is 700. The summed E-state index contributed by atoms with van der Waals surface area (Å²) in [4.78, 5) is 15.9. The van der Waals surface area contributed by atoms with Crippen molar-refractivity contribution in [3.05, 3.63) is 29.6 Å². The molecule has 112 valence electrons. The normalized spacial score (nSPS) is 21.6. The number of imidazole rings is 1. The van der Waals surface area contributed by atoms with Gasteiger partial charge >= 0.3 is 5.97 Å². The average molecular weight is 286 g/mol. The van der Waals surface area contributed by atoms with E-state index in [9.17, 15) is 9.90 Å². The molecule has 1 N–H and O–H groups in total. The predicted molar refractivity (Wildman–Crippen MR) is 82.7 cm³/mol. The zero-order valence-corrected chi connectivity index (χ0v) is 12.9. The van der Waals surface area contributed by atoms with Gasteiger partial charge in [0.2, 0.25) is 0 Å². The summed E-state index contributed by atoms with van der Waals surface area (Å²) < 4.78 is 2.26. The van der Waals surface area contributed by atoms with Gasteiger partial charge in [0.05, 0.1) is 11.1 Å². The molecule has 1 aliphatic carbocycles. The maximum atomic E-state index is 11.4. The fraction of sp³-hybridized carbons (Fsp3) is 0.529. The third-order valence-electron chi connectivity index (χ3n) is 4.89. The molecule has 0 bridgehead atoms. The molecule has 1 heterocycles. The van der Waals surface area contributed by atoms with E-state index in [1.54, 1.807) is 6.07 Å². The molecule has 3 rings (SSSR count). The van der Waals surface area contributed by atoms with E-state index < -0.39 is 5.97 Å². The van der Waals surface area contributed by atoms with E-state index in [0.717, 1.165) is 17.8 Å². The standard InChI is InChI=1S/C17H22N2O2/c1-11-18-15-12(16(20)21)7-6-8-13(15)19(11)14-9-4-5-10-17(14,2)3/h6-8,14H,4-5,9-10H2,1-3H3,(H,20,21). The molecule has 1 unspecified atom stereocenters. The lowest BCUT2D eigenvalue weighted by atomic mass is 9.73. The minimum Gasteiger partial charge on any atom is -0.478 e. The smallest absolute Gasteiger partial charge is 0.337 e. The van der Waals surface area contributed by atoms with Crippen LogP contribution in [0.4, 0.5) is 0 Å². The van der Waals surface area contributed by atoms with E-state index >= 15 is 0 Å². The van der Waals surface area contributed by atoms with Crippen LogP contribution in [0.25, 0.3) is 11.0 Å². The van der Waals surface area contributed by atoms with Crippen molar-refractivity contribution < 1.29 is 9.90 Å². The Kier molecular flexibility index (Phi) is 3.27. The SMILES string of the molecule is Cc1nc2c(C(=O)O)cccc2n1C1CCCCC1(C)C. The van der Waals surface area contributed by atoms with Crippen molar-refractivity contribution in [2.45, 2.75) is 52.5 Å². The molecule has 4 heteroatoms.